The van der Waals surface area contributed by atoms with Crippen LogP contribution in [0.3, 0.4) is 0 Å². The van der Waals surface area contributed by atoms with Crippen molar-refractivity contribution in [1.82, 2.24) is 5.32 Å². The van der Waals surface area contributed by atoms with Gasteiger partial charge in [-0.1, -0.05) is 13.8 Å². The van der Waals surface area contributed by atoms with Crippen LogP contribution in [0.2, 0.25) is 0 Å². The van der Waals surface area contributed by atoms with Crippen molar-refractivity contribution in [2.75, 3.05) is 0 Å². The summed E-state index contributed by atoms with van der Waals surface area (Å²) in [6.07, 6.45) is -1.10. The summed E-state index contributed by atoms with van der Waals surface area (Å²) in [5, 5.41) is 12.5. The summed E-state index contributed by atoms with van der Waals surface area (Å²) in [6.45, 7) is 4.96. The smallest absolute Gasteiger partial charge is 0.336 e. The Balaban J connectivity index is 2.54. The van der Waals surface area contributed by atoms with Crippen LogP contribution in [0, 0.1) is 5.92 Å². The first-order valence-electron chi connectivity index (χ1n) is 4.60. The Kier molecular flexibility index (Phi) is 1.54. The number of fused-ring (bicyclic) bond motifs is 2. The molecule has 5 heteroatoms. The molecular formula is C9H13NO4. The fourth-order valence-corrected chi connectivity index (χ4v) is 2.18. The maximum absolute atomic E-state index is 11.6. The molecule has 0 aromatic rings. The molecule has 0 radical (unpaired) electrons. The van der Waals surface area contributed by atoms with Gasteiger partial charge in [0.1, 0.15) is 6.10 Å². The second-order valence-corrected chi connectivity index (χ2v) is 4.38. The monoisotopic (exact) mass is 199 g/mol. The summed E-state index contributed by atoms with van der Waals surface area (Å²) in [7, 11) is 0. The number of ether oxygens (including phenoxy) is 1. The van der Waals surface area contributed by atoms with Gasteiger partial charge in [0.05, 0.1) is 0 Å². The molecular weight excluding hydrogens is 186 g/mol. The third-order valence-electron chi connectivity index (χ3n) is 3.28. The molecule has 1 amide bonds. The molecule has 14 heavy (non-hydrogen) atoms. The van der Waals surface area contributed by atoms with Crippen LogP contribution in [0.5, 0.6) is 0 Å². The summed E-state index contributed by atoms with van der Waals surface area (Å²) in [6, 6.07) is 0. The molecule has 0 aromatic carbocycles. The SMILES string of the molecule is CC(C)C12NC(=O)C(C)(OC1=O)C2O. The Labute approximate surface area is 81.4 Å². The van der Waals surface area contributed by atoms with Crippen LogP contribution in [-0.2, 0) is 14.3 Å². The van der Waals surface area contributed by atoms with Gasteiger partial charge in [0, 0.05) is 0 Å². The van der Waals surface area contributed by atoms with Crippen LogP contribution < -0.4 is 5.32 Å². The summed E-state index contributed by atoms with van der Waals surface area (Å²) >= 11 is 0. The third-order valence-corrected chi connectivity index (χ3v) is 3.28. The number of hydrogen-bond acceptors (Lipinski definition) is 4. The van der Waals surface area contributed by atoms with Crippen LogP contribution in [0.1, 0.15) is 20.8 Å². The number of nitrogens with one attached hydrogen (secondary N) is 1. The van der Waals surface area contributed by atoms with Crippen molar-refractivity contribution in [1.29, 1.82) is 0 Å². The molecule has 3 atom stereocenters. The Bertz CT molecular complexity index is 327. The first-order chi connectivity index (χ1) is 6.35. The van der Waals surface area contributed by atoms with Crippen molar-refractivity contribution in [2.24, 2.45) is 5.92 Å². The Morgan fingerprint density at radius 3 is 2.36 bits per heavy atom. The van der Waals surface area contributed by atoms with Crippen molar-refractivity contribution >= 4 is 11.9 Å². The second kappa shape index (κ2) is 2.28. The predicted octanol–water partition coefficient (Wildman–Crippen LogP) is -0.813. The molecule has 0 aromatic heterocycles. The van der Waals surface area contributed by atoms with Gasteiger partial charge in [0.2, 0.25) is 5.60 Å². The van der Waals surface area contributed by atoms with E-state index < -0.39 is 29.1 Å². The third kappa shape index (κ3) is 0.706. The lowest BCUT2D eigenvalue weighted by Gasteiger charge is -2.29. The maximum atomic E-state index is 11.6. The van der Waals surface area contributed by atoms with E-state index in [9.17, 15) is 14.7 Å². The molecule has 2 heterocycles. The molecule has 2 aliphatic heterocycles. The Hall–Kier alpha value is -1.10. The highest BCUT2D eigenvalue weighted by Gasteiger charge is 2.73. The van der Waals surface area contributed by atoms with E-state index in [1.807, 2.05) is 0 Å². The van der Waals surface area contributed by atoms with Crippen LogP contribution >= 0.6 is 0 Å². The molecule has 78 valence electrons. The van der Waals surface area contributed by atoms with Gasteiger partial charge >= 0.3 is 5.97 Å². The maximum Gasteiger partial charge on any atom is 0.336 e. The standard InChI is InChI=1S/C9H13NO4/c1-4(2)9-5(11)8(3,6(12)10-9)14-7(9)13/h4-5,11H,1-3H3,(H,10,12). The van der Waals surface area contributed by atoms with Gasteiger partial charge < -0.3 is 15.2 Å². The van der Waals surface area contributed by atoms with E-state index in [1.165, 1.54) is 6.92 Å². The molecule has 2 saturated heterocycles. The fourth-order valence-electron chi connectivity index (χ4n) is 2.18. The van der Waals surface area contributed by atoms with Gasteiger partial charge in [-0.05, 0) is 12.8 Å². The van der Waals surface area contributed by atoms with Crippen molar-refractivity contribution in [3.05, 3.63) is 0 Å². The Morgan fingerprint density at radius 2 is 2.07 bits per heavy atom. The first-order valence-corrected chi connectivity index (χ1v) is 4.60. The highest BCUT2D eigenvalue weighted by Crippen LogP contribution is 2.44. The molecule has 0 saturated carbocycles. The van der Waals surface area contributed by atoms with Gasteiger partial charge in [-0.25, -0.2) is 4.79 Å². The lowest BCUT2D eigenvalue weighted by Crippen LogP contribution is -2.58. The normalized spacial score (nSPS) is 45.6. The topological polar surface area (TPSA) is 75.6 Å². The highest BCUT2D eigenvalue weighted by atomic mass is 16.6. The lowest BCUT2D eigenvalue weighted by molar-refractivity contribution is -0.167. The van der Waals surface area contributed by atoms with E-state index >= 15 is 0 Å². The predicted molar refractivity (Wildman–Crippen MR) is 46.2 cm³/mol. The summed E-state index contributed by atoms with van der Waals surface area (Å²) in [4.78, 5) is 23.0. The zero-order chi connectivity index (χ0) is 10.7. The average Bonchev–Trinajstić information content (AvgIpc) is 2.37. The number of aliphatic hydroxyl groups excluding tert-OH is 1. The minimum absolute atomic E-state index is 0.196. The highest BCUT2D eigenvalue weighted by molar-refractivity contribution is 6.04. The first kappa shape index (κ1) is 9.45. The Morgan fingerprint density at radius 1 is 1.50 bits per heavy atom. The zero-order valence-corrected chi connectivity index (χ0v) is 8.33. The van der Waals surface area contributed by atoms with Gasteiger partial charge in [-0.3, -0.25) is 4.79 Å². The number of esters is 1. The van der Waals surface area contributed by atoms with Gasteiger partial charge in [-0.2, -0.15) is 0 Å². The van der Waals surface area contributed by atoms with Crippen molar-refractivity contribution < 1.29 is 19.4 Å². The quantitative estimate of drug-likeness (QED) is 0.541. The molecule has 2 rings (SSSR count). The largest absolute Gasteiger partial charge is 0.444 e. The number of amides is 1. The van der Waals surface area contributed by atoms with Crippen molar-refractivity contribution in [2.45, 2.75) is 38.0 Å². The van der Waals surface area contributed by atoms with E-state index in [-0.39, 0.29) is 5.92 Å². The summed E-state index contributed by atoms with van der Waals surface area (Å²) in [5.74, 6) is -1.15. The van der Waals surface area contributed by atoms with Crippen LogP contribution in [0.4, 0.5) is 0 Å². The van der Waals surface area contributed by atoms with Gasteiger partial charge in [0.25, 0.3) is 5.91 Å². The van der Waals surface area contributed by atoms with Crippen LogP contribution in [-0.4, -0.2) is 34.2 Å². The molecule has 2 aliphatic rings. The van der Waals surface area contributed by atoms with E-state index in [2.05, 4.69) is 5.32 Å². The van der Waals surface area contributed by atoms with E-state index in [0.29, 0.717) is 0 Å². The molecule has 0 spiro atoms. The second-order valence-electron chi connectivity index (χ2n) is 4.38. The minimum Gasteiger partial charge on any atom is -0.444 e. The van der Waals surface area contributed by atoms with Crippen molar-refractivity contribution in [3.63, 3.8) is 0 Å². The zero-order valence-electron chi connectivity index (χ0n) is 8.33. The molecule has 2 bridgehead atoms. The van der Waals surface area contributed by atoms with E-state index in [0.717, 1.165) is 0 Å². The van der Waals surface area contributed by atoms with Crippen LogP contribution in [0.15, 0.2) is 0 Å². The fraction of sp³-hybridized carbons (Fsp3) is 0.778. The van der Waals surface area contributed by atoms with E-state index in [1.54, 1.807) is 13.8 Å². The average molecular weight is 199 g/mol. The molecule has 5 nitrogen and oxygen atoms in total. The summed E-state index contributed by atoms with van der Waals surface area (Å²) < 4.78 is 4.94. The van der Waals surface area contributed by atoms with E-state index in [4.69, 9.17) is 4.74 Å². The number of morpholine rings is 1. The molecule has 2 fully saturated rings. The molecule has 3 unspecified atom stereocenters. The van der Waals surface area contributed by atoms with Crippen LogP contribution in [0.25, 0.3) is 0 Å². The number of carbonyl (C=O) groups is 2. The van der Waals surface area contributed by atoms with Crippen molar-refractivity contribution in [3.8, 4) is 0 Å². The number of aliphatic hydroxyl groups is 1. The lowest BCUT2D eigenvalue weighted by atomic mass is 9.82. The molecule has 2 N–H and O–H groups in total. The molecule has 0 aliphatic carbocycles. The van der Waals surface area contributed by atoms with Gasteiger partial charge in [-0.15, -0.1) is 0 Å². The number of hydrogen-bond donors (Lipinski definition) is 2. The van der Waals surface area contributed by atoms with Gasteiger partial charge in [0.15, 0.2) is 5.54 Å². The number of carbonyl (C=O) groups excluding carboxylic acids is 2. The minimum atomic E-state index is -1.40. The summed E-state index contributed by atoms with van der Waals surface area (Å²) in [5.41, 5.74) is -2.65. The number of rotatable bonds is 1.